The van der Waals surface area contributed by atoms with E-state index >= 15 is 0 Å². The Morgan fingerprint density at radius 1 is 0.289 bits per heavy atom. The second-order valence-corrected chi connectivity index (χ2v) is 46.7. The Hall–Kier alpha value is -4.36. The molecule has 2 aliphatic heterocycles. The minimum absolute atomic E-state index is 0.427. The predicted octanol–water partition coefficient (Wildman–Crippen LogP) is 18.2. The third-order valence-electron chi connectivity index (χ3n) is 22.5. The average molecular weight is 1280 g/mol. The summed E-state index contributed by atoms with van der Waals surface area (Å²) in [5, 5.41) is 0. The van der Waals surface area contributed by atoms with Gasteiger partial charge in [-0.15, -0.1) is 0 Å². The summed E-state index contributed by atoms with van der Waals surface area (Å²) in [6, 6.07) is 46.9. The molecule has 8 nitrogen and oxygen atoms in total. The second-order valence-electron chi connectivity index (χ2n) is 28.0. The van der Waals surface area contributed by atoms with Crippen molar-refractivity contribution < 1.29 is 36.3 Å². The van der Waals surface area contributed by atoms with Crippen molar-refractivity contribution in [1.82, 2.24) is 0 Å². The van der Waals surface area contributed by atoms with Crippen molar-refractivity contribution in [3.05, 3.63) is 179 Å². The van der Waals surface area contributed by atoms with E-state index in [1.165, 1.54) is 0 Å². The van der Waals surface area contributed by atoms with E-state index in [1.54, 1.807) is 0 Å². The minimum atomic E-state index is -2.18. The first-order valence-corrected chi connectivity index (χ1v) is 44.5. The molecule has 2 saturated heterocycles. The fourth-order valence-electron chi connectivity index (χ4n) is 13.4. The van der Waals surface area contributed by atoms with Crippen molar-refractivity contribution in [3.8, 4) is 23.7 Å². The molecule has 0 aromatic heterocycles. The highest BCUT2D eigenvalue weighted by Gasteiger charge is 2.54. The summed E-state index contributed by atoms with van der Waals surface area (Å²) in [6.07, 6.45) is 18.4. The molecule has 4 aromatic rings. The number of hydrogen-bond donors (Lipinski definition) is 0. The molecular formula is C76H108B2O8Si4. The standard InChI is InChI=1S/C76H108B2O8Si4/c1-21-87(22-2,23-3)83-73(53-57-75(58-54-73,85-89(27-7,28-8)29-9)65-45-49-67(50-46-65)77-79-69(13,14)70(15,16)80-77)63-41-37-61(38-42-63)35-33-34-36-62-39-43-64(44-40-62)74(84-88(24-4,25-5)26-6)55-59-76(60-56-74,86-90(30-10,31-11)32-12)66-47-51-68(52-48-66)78-81-71(17,18)72(19,20)82-78/h37-60H,21-32H2,1-20H3. The minimum Gasteiger partial charge on any atom is -0.401 e. The van der Waals surface area contributed by atoms with E-state index < -0.39 is 92.3 Å². The molecule has 0 saturated carbocycles. The monoisotopic (exact) mass is 1280 g/mol. The fourth-order valence-corrected chi connectivity index (χ4v) is 25.0. The number of rotatable bonds is 26. The molecule has 0 atom stereocenters. The van der Waals surface area contributed by atoms with Crippen molar-refractivity contribution in [1.29, 1.82) is 0 Å². The van der Waals surface area contributed by atoms with Gasteiger partial charge in [-0.05, 0) is 246 Å². The van der Waals surface area contributed by atoms with Gasteiger partial charge in [-0.1, -0.05) is 168 Å². The highest BCUT2D eigenvalue weighted by molar-refractivity contribution is 6.75. The summed E-state index contributed by atoms with van der Waals surface area (Å²) in [5.74, 6) is 13.1. The maximum absolute atomic E-state index is 7.64. The molecule has 8 rings (SSSR count). The van der Waals surface area contributed by atoms with Crippen LogP contribution < -0.4 is 10.9 Å². The Labute approximate surface area is 550 Å². The zero-order chi connectivity index (χ0) is 65.7. The van der Waals surface area contributed by atoms with E-state index in [4.69, 9.17) is 36.3 Å². The zero-order valence-corrected chi connectivity index (χ0v) is 62.8. The second kappa shape index (κ2) is 27.9. The van der Waals surface area contributed by atoms with Crippen molar-refractivity contribution in [2.45, 2.75) is 256 Å². The van der Waals surface area contributed by atoms with Gasteiger partial charge in [0.2, 0.25) is 0 Å². The lowest BCUT2D eigenvalue weighted by Gasteiger charge is -2.46. The van der Waals surface area contributed by atoms with E-state index in [-0.39, 0.29) is 0 Å². The SMILES string of the molecule is CC[Si](CC)(CC)OC1(c2ccc(C#CC#Cc3ccc(C4(O[Si](CC)(CC)CC)C=CC(O[Si](CC)(CC)CC)(c5ccc(B6OC(C)(C)C(C)(C)O6)cc5)C=C4)cc3)cc2)C=CC(O[Si](CC)(CC)CC)(c2ccc(B3OC(C)(C)C(C)(C)O3)cc2)C=C1. The quantitative estimate of drug-likeness (QED) is 0.0350. The molecule has 0 unspecified atom stereocenters. The Kier molecular flexibility index (Phi) is 22.2. The lowest BCUT2D eigenvalue weighted by atomic mass is 9.76. The van der Waals surface area contributed by atoms with Crippen LogP contribution in [0.2, 0.25) is 72.5 Å². The van der Waals surface area contributed by atoms with E-state index in [9.17, 15) is 0 Å². The molecule has 4 aliphatic rings. The molecule has 0 radical (unpaired) electrons. The Balaban J connectivity index is 1.08. The van der Waals surface area contributed by atoms with Gasteiger partial charge in [0.15, 0.2) is 33.3 Å². The van der Waals surface area contributed by atoms with Gasteiger partial charge < -0.3 is 36.3 Å². The maximum atomic E-state index is 7.64. The Morgan fingerprint density at radius 3 is 0.644 bits per heavy atom. The van der Waals surface area contributed by atoms with Gasteiger partial charge in [-0.2, -0.15) is 0 Å². The van der Waals surface area contributed by atoms with Crippen molar-refractivity contribution in [2.24, 2.45) is 0 Å². The summed E-state index contributed by atoms with van der Waals surface area (Å²) in [6.45, 7) is 44.4. The van der Waals surface area contributed by atoms with Crippen LogP contribution in [0.1, 0.15) is 172 Å². The van der Waals surface area contributed by atoms with Crippen molar-refractivity contribution in [2.75, 3.05) is 0 Å². The first-order chi connectivity index (χ1) is 42.6. The summed E-state index contributed by atoms with van der Waals surface area (Å²) >= 11 is 0. The molecule has 14 heteroatoms. The molecule has 90 heavy (non-hydrogen) atoms. The molecule has 4 aromatic carbocycles. The van der Waals surface area contributed by atoms with Gasteiger partial charge in [0.05, 0.1) is 22.4 Å². The first kappa shape index (κ1) is 71.5. The third-order valence-corrected chi connectivity index (χ3v) is 41.1. The largest absolute Gasteiger partial charge is 0.494 e. The van der Waals surface area contributed by atoms with Gasteiger partial charge in [0.1, 0.15) is 22.4 Å². The first-order valence-electron chi connectivity index (χ1n) is 34.4. The van der Waals surface area contributed by atoms with Crippen LogP contribution in [0.25, 0.3) is 0 Å². The molecular weight excluding hydrogens is 1170 g/mol. The highest BCUT2D eigenvalue weighted by atomic mass is 28.4. The van der Waals surface area contributed by atoms with Crippen LogP contribution in [0.15, 0.2) is 146 Å². The zero-order valence-electron chi connectivity index (χ0n) is 58.8. The summed E-state index contributed by atoms with van der Waals surface area (Å²) in [4.78, 5) is 0. The summed E-state index contributed by atoms with van der Waals surface area (Å²) < 4.78 is 56.4. The number of benzene rings is 4. The Morgan fingerprint density at radius 2 is 0.467 bits per heavy atom. The van der Waals surface area contributed by atoms with Gasteiger partial charge in [-0.25, -0.2) is 0 Å². The molecule has 482 valence electrons. The predicted molar refractivity (Wildman–Crippen MR) is 387 cm³/mol. The molecule has 2 aliphatic carbocycles. The molecule has 2 fully saturated rings. The average Bonchev–Trinajstić information content (AvgIpc) is 1.22. The Bertz CT molecular complexity index is 3010. The van der Waals surface area contributed by atoms with Crippen molar-refractivity contribution >= 4 is 58.4 Å². The van der Waals surface area contributed by atoms with Crippen molar-refractivity contribution in [3.63, 3.8) is 0 Å². The van der Waals surface area contributed by atoms with E-state index in [2.05, 4.69) is 308 Å². The highest BCUT2D eigenvalue weighted by Crippen LogP contribution is 2.49. The lowest BCUT2D eigenvalue weighted by molar-refractivity contribution is 0.00578. The summed E-state index contributed by atoms with van der Waals surface area (Å²) in [7, 11) is -9.57. The van der Waals surface area contributed by atoms with E-state index in [0.717, 1.165) is 117 Å². The van der Waals surface area contributed by atoms with Crippen LogP contribution in [0, 0.1) is 23.7 Å². The summed E-state index contributed by atoms with van der Waals surface area (Å²) in [5.41, 5.74) is 3.23. The maximum Gasteiger partial charge on any atom is 0.494 e. The number of hydrogen-bond acceptors (Lipinski definition) is 8. The third kappa shape index (κ3) is 14.2. The van der Waals surface area contributed by atoms with Crippen LogP contribution in [0.5, 0.6) is 0 Å². The van der Waals surface area contributed by atoms with E-state index in [1.807, 2.05) is 0 Å². The van der Waals surface area contributed by atoms with Gasteiger partial charge >= 0.3 is 14.2 Å². The van der Waals surface area contributed by atoms with Crippen LogP contribution in [-0.2, 0) is 58.7 Å². The van der Waals surface area contributed by atoms with Crippen LogP contribution in [0.4, 0.5) is 0 Å². The normalized spacial score (nSPS) is 24.2. The molecule has 0 bridgehead atoms. The van der Waals surface area contributed by atoms with E-state index in [0.29, 0.717) is 0 Å². The lowest BCUT2D eigenvalue weighted by Crippen LogP contribution is -2.48. The molecule has 0 N–H and O–H groups in total. The molecule has 2 heterocycles. The van der Waals surface area contributed by atoms with Crippen LogP contribution in [-0.4, -0.2) is 69.9 Å². The molecule has 0 spiro atoms. The van der Waals surface area contributed by atoms with Gasteiger partial charge in [0.25, 0.3) is 0 Å². The van der Waals surface area contributed by atoms with Crippen LogP contribution >= 0.6 is 0 Å². The van der Waals surface area contributed by atoms with Gasteiger partial charge in [0, 0.05) is 11.1 Å². The van der Waals surface area contributed by atoms with Gasteiger partial charge in [-0.3, -0.25) is 0 Å². The van der Waals surface area contributed by atoms with Crippen LogP contribution in [0.3, 0.4) is 0 Å². The fraction of sp³-hybridized carbons (Fsp3) is 0.526. The molecule has 0 amide bonds. The smallest absolute Gasteiger partial charge is 0.401 e. The topological polar surface area (TPSA) is 73.8 Å².